The van der Waals surface area contributed by atoms with E-state index in [-0.39, 0.29) is 6.42 Å². The van der Waals surface area contributed by atoms with Gasteiger partial charge in [-0.2, -0.15) is 0 Å². The lowest BCUT2D eigenvalue weighted by Gasteiger charge is -1.91. The van der Waals surface area contributed by atoms with Crippen molar-refractivity contribution in [3.8, 4) is 0 Å². The summed E-state index contributed by atoms with van der Waals surface area (Å²) in [6, 6.07) is 0. The molecule has 0 unspecified atom stereocenters. The van der Waals surface area contributed by atoms with E-state index in [9.17, 15) is 4.79 Å². The van der Waals surface area contributed by atoms with Crippen LogP contribution < -0.4 is 0 Å². The van der Waals surface area contributed by atoms with Crippen molar-refractivity contribution in [1.29, 1.82) is 0 Å². The first-order chi connectivity index (χ1) is 9.77. The van der Waals surface area contributed by atoms with Gasteiger partial charge < -0.3 is 5.11 Å². The number of unbranched alkanes of at least 4 members (excludes halogenated alkanes) is 5. The van der Waals surface area contributed by atoms with Crippen LogP contribution in [-0.4, -0.2) is 11.1 Å². The van der Waals surface area contributed by atoms with Gasteiger partial charge >= 0.3 is 5.97 Å². The molecule has 1 N–H and O–H groups in total. The van der Waals surface area contributed by atoms with E-state index in [4.69, 9.17) is 5.11 Å². The van der Waals surface area contributed by atoms with Crippen molar-refractivity contribution in [3.63, 3.8) is 0 Å². The Kier molecular flexibility index (Phi) is 14.3. The van der Waals surface area contributed by atoms with E-state index in [2.05, 4.69) is 25.2 Å². The molecule has 0 spiro atoms. The molecule has 0 saturated carbocycles. The Morgan fingerprint density at radius 1 is 0.800 bits per heavy atom. The van der Waals surface area contributed by atoms with E-state index in [1.54, 1.807) is 0 Å². The third kappa shape index (κ3) is 16.4. The van der Waals surface area contributed by atoms with Crippen LogP contribution in [0.1, 0.15) is 58.3 Å². The molecule has 112 valence electrons. The Morgan fingerprint density at radius 2 is 1.30 bits per heavy atom. The van der Waals surface area contributed by atoms with Crippen LogP contribution in [0.4, 0.5) is 0 Å². The maximum atomic E-state index is 10.3. The van der Waals surface area contributed by atoms with Gasteiger partial charge in [-0.25, -0.2) is 0 Å². The number of aliphatic carboxylic acids is 1. The van der Waals surface area contributed by atoms with E-state index in [0.29, 0.717) is 0 Å². The number of carboxylic acids is 1. The van der Waals surface area contributed by atoms with Gasteiger partial charge in [-0.1, -0.05) is 68.4 Å². The number of hydrogen-bond donors (Lipinski definition) is 1. The second-order valence-corrected chi connectivity index (χ2v) is 4.76. The predicted molar refractivity (Wildman–Crippen MR) is 86.8 cm³/mol. The number of allylic oxidation sites excluding steroid dienone is 8. The Hall–Kier alpha value is -1.57. The van der Waals surface area contributed by atoms with Crippen LogP contribution >= 0.6 is 0 Å². The normalized spacial score (nSPS) is 12.4. The smallest absolute Gasteiger partial charge is 0.303 e. The fourth-order valence-electron chi connectivity index (χ4n) is 1.66. The van der Waals surface area contributed by atoms with Crippen molar-refractivity contribution < 1.29 is 9.90 Å². The van der Waals surface area contributed by atoms with Crippen molar-refractivity contribution in [2.75, 3.05) is 0 Å². The van der Waals surface area contributed by atoms with Gasteiger partial charge in [0.25, 0.3) is 0 Å². The molecule has 0 saturated heterocycles. The zero-order chi connectivity index (χ0) is 14.9. The van der Waals surface area contributed by atoms with Crippen LogP contribution in [0.5, 0.6) is 0 Å². The third-order valence-corrected chi connectivity index (χ3v) is 2.81. The number of hydrogen-bond acceptors (Lipinski definition) is 1. The zero-order valence-electron chi connectivity index (χ0n) is 12.6. The van der Waals surface area contributed by atoms with Gasteiger partial charge in [0.15, 0.2) is 0 Å². The Bertz CT molecular complexity index is 335. The highest BCUT2D eigenvalue weighted by molar-refractivity contribution is 5.66. The molecule has 0 aliphatic heterocycles. The molecule has 2 heteroatoms. The standard InChI is InChI=1S/C18H28O2/c1-2-3-4-5-6-7-8-9-10-11-12-13-14-15-16-17-18(19)20/h6-13H,2-5,14-17H2,1H3,(H,19,20)/b7-6-,9-8-,11-10-,13-12-. The fourth-order valence-corrected chi connectivity index (χ4v) is 1.66. The molecule has 0 bridgehead atoms. The van der Waals surface area contributed by atoms with Crippen LogP contribution in [-0.2, 0) is 4.79 Å². The summed E-state index contributed by atoms with van der Waals surface area (Å²) in [4.78, 5) is 10.3. The van der Waals surface area contributed by atoms with Crippen LogP contribution in [0.25, 0.3) is 0 Å². The minimum absolute atomic E-state index is 0.275. The first-order valence-corrected chi connectivity index (χ1v) is 7.64. The first kappa shape index (κ1) is 18.4. The van der Waals surface area contributed by atoms with Crippen molar-refractivity contribution >= 4 is 5.97 Å². The molecule has 0 aliphatic carbocycles. The van der Waals surface area contributed by atoms with E-state index in [1.807, 2.05) is 30.4 Å². The molecule has 0 aromatic heterocycles. The summed E-state index contributed by atoms with van der Waals surface area (Å²) < 4.78 is 0. The maximum absolute atomic E-state index is 10.3. The van der Waals surface area contributed by atoms with Crippen LogP contribution in [0.15, 0.2) is 48.6 Å². The van der Waals surface area contributed by atoms with Gasteiger partial charge in [0.2, 0.25) is 0 Å². The predicted octanol–water partition coefficient (Wildman–Crippen LogP) is 5.44. The molecule has 0 aromatic rings. The summed E-state index contributed by atoms with van der Waals surface area (Å²) in [5.74, 6) is -0.707. The van der Waals surface area contributed by atoms with Gasteiger partial charge in [-0.3, -0.25) is 4.79 Å². The molecule has 0 atom stereocenters. The Morgan fingerprint density at radius 3 is 1.80 bits per heavy atom. The second kappa shape index (κ2) is 15.5. The SMILES string of the molecule is CCCCC\C=C/C=C\C=C/C=C\CCCCC(=O)O. The average Bonchev–Trinajstić information content (AvgIpc) is 2.43. The van der Waals surface area contributed by atoms with Crippen LogP contribution in [0.2, 0.25) is 0 Å². The lowest BCUT2D eigenvalue weighted by Crippen LogP contribution is -1.92. The van der Waals surface area contributed by atoms with Gasteiger partial charge in [0.1, 0.15) is 0 Å². The molecule has 0 amide bonds. The van der Waals surface area contributed by atoms with E-state index in [1.165, 1.54) is 19.3 Å². The van der Waals surface area contributed by atoms with Crippen LogP contribution in [0.3, 0.4) is 0 Å². The molecular weight excluding hydrogens is 248 g/mol. The highest BCUT2D eigenvalue weighted by atomic mass is 16.4. The maximum Gasteiger partial charge on any atom is 0.303 e. The molecule has 0 radical (unpaired) electrons. The van der Waals surface area contributed by atoms with Crippen molar-refractivity contribution in [1.82, 2.24) is 0 Å². The summed E-state index contributed by atoms with van der Waals surface area (Å²) in [5, 5.41) is 8.48. The highest BCUT2D eigenvalue weighted by Gasteiger charge is 1.93. The third-order valence-electron chi connectivity index (χ3n) is 2.81. The van der Waals surface area contributed by atoms with Crippen LogP contribution in [0, 0.1) is 0 Å². The minimum atomic E-state index is -0.707. The quantitative estimate of drug-likeness (QED) is 0.381. The summed E-state index contributed by atoms with van der Waals surface area (Å²) >= 11 is 0. The van der Waals surface area contributed by atoms with Crippen molar-refractivity contribution in [2.45, 2.75) is 58.3 Å². The van der Waals surface area contributed by atoms with Crippen molar-refractivity contribution in [3.05, 3.63) is 48.6 Å². The van der Waals surface area contributed by atoms with Gasteiger partial charge in [0.05, 0.1) is 0 Å². The number of rotatable bonds is 12. The Labute approximate surface area is 123 Å². The average molecular weight is 276 g/mol. The largest absolute Gasteiger partial charge is 0.481 e. The molecule has 0 aromatic carbocycles. The molecule has 0 aliphatic rings. The van der Waals surface area contributed by atoms with E-state index < -0.39 is 5.97 Å². The molecule has 0 heterocycles. The molecule has 0 fully saturated rings. The second-order valence-electron chi connectivity index (χ2n) is 4.76. The van der Waals surface area contributed by atoms with Gasteiger partial charge in [0, 0.05) is 6.42 Å². The Balaban J connectivity index is 3.47. The molecule has 20 heavy (non-hydrogen) atoms. The van der Waals surface area contributed by atoms with Gasteiger partial charge in [-0.05, 0) is 32.1 Å². The molecule has 0 rings (SSSR count). The summed E-state index contributed by atoms with van der Waals surface area (Å²) in [6.45, 7) is 2.22. The van der Waals surface area contributed by atoms with E-state index in [0.717, 1.165) is 25.7 Å². The lowest BCUT2D eigenvalue weighted by molar-refractivity contribution is -0.137. The first-order valence-electron chi connectivity index (χ1n) is 7.64. The monoisotopic (exact) mass is 276 g/mol. The van der Waals surface area contributed by atoms with E-state index >= 15 is 0 Å². The summed E-state index contributed by atoms with van der Waals surface area (Å²) in [6.07, 6.45) is 24.4. The highest BCUT2D eigenvalue weighted by Crippen LogP contribution is 2.01. The van der Waals surface area contributed by atoms with Crippen molar-refractivity contribution in [2.24, 2.45) is 0 Å². The lowest BCUT2D eigenvalue weighted by atomic mass is 10.2. The summed E-state index contributed by atoms with van der Waals surface area (Å²) in [5.41, 5.74) is 0. The topological polar surface area (TPSA) is 37.3 Å². The molecule has 2 nitrogen and oxygen atoms in total. The number of carbonyl (C=O) groups is 1. The zero-order valence-corrected chi connectivity index (χ0v) is 12.6. The minimum Gasteiger partial charge on any atom is -0.481 e. The summed E-state index contributed by atoms with van der Waals surface area (Å²) in [7, 11) is 0. The fraction of sp³-hybridized carbons (Fsp3) is 0.500. The van der Waals surface area contributed by atoms with Gasteiger partial charge in [-0.15, -0.1) is 0 Å². The molecular formula is C18H28O2. The number of carboxylic acid groups (broad SMARTS) is 1.